The number of carbonyl (C=O) groups excluding carboxylic acids is 1. The largest absolute Gasteiger partial charge is 0.466 e. The molecule has 1 aromatic rings. The van der Waals surface area contributed by atoms with Crippen molar-refractivity contribution in [3.05, 3.63) is 23.2 Å². The van der Waals surface area contributed by atoms with E-state index in [-0.39, 0.29) is 5.91 Å². The van der Waals surface area contributed by atoms with Crippen LogP contribution in [0.5, 0.6) is 0 Å². The van der Waals surface area contributed by atoms with E-state index in [2.05, 4.69) is 5.32 Å². The van der Waals surface area contributed by atoms with Crippen LogP contribution in [0.15, 0.2) is 10.5 Å². The number of amides is 1. The van der Waals surface area contributed by atoms with Gasteiger partial charge in [-0.1, -0.05) is 0 Å². The Morgan fingerprint density at radius 2 is 2.20 bits per heavy atom. The van der Waals surface area contributed by atoms with E-state index in [1.165, 1.54) is 0 Å². The summed E-state index contributed by atoms with van der Waals surface area (Å²) < 4.78 is 16.0. The van der Waals surface area contributed by atoms with Crippen LogP contribution >= 0.6 is 0 Å². The lowest BCUT2D eigenvalue weighted by Gasteiger charge is -2.01. The van der Waals surface area contributed by atoms with Crippen molar-refractivity contribution >= 4 is 16.7 Å². The smallest absolute Gasteiger partial charge is 0.254 e. The van der Waals surface area contributed by atoms with Gasteiger partial charge in [-0.2, -0.15) is 0 Å². The van der Waals surface area contributed by atoms with Gasteiger partial charge in [-0.3, -0.25) is 9.00 Å². The molecule has 5 heteroatoms. The average molecular weight is 229 g/mol. The third kappa shape index (κ3) is 3.51. The molecule has 0 fully saturated rings. The van der Waals surface area contributed by atoms with Crippen LogP contribution in [0, 0.1) is 13.8 Å². The van der Waals surface area contributed by atoms with E-state index in [4.69, 9.17) is 4.42 Å². The molecule has 84 valence electrons. The number of hydrogen-bond donors (Lipinski definition) is 1. The van der Waals surface area contributed by atoms with Gasteiger partial charge in [0.1, 0.15) is 11.5 Å². The van der Waals surface area contributed by atoms with Crippen LogP contribution in [0.3, 0.4) is 0 Å². The fourth-order valence-corrected chi connectivity index (χ4v) is 1.65. The van der Waals surface area contributed by atoms with Crippen molar-refractivity contribution in [1.29, 1.82) is 0 Å². The number of furan rings is 1. The molecule has 0 unspecified atom stereocenters. The molecule has 1 aromatic heterocycles. The Hall–Kier alpha value is -1.10. The first kappa shape index (κ1) is 12.0. The molecular formula is C10H15NO3S. The molecule has 15 heavy (non-hydrogen) atoms. The lowest BCUT2D eigenvalue weighted by Crippen LogP contribution is -2.27. The minimum Gasteiger partial charge on any atom is -0.466 e. The van der Waals surface area contributed by atoms with E-state index in [1.807, 2.05) is 0 Å². The summed E-state index contributed by atoms with van der Waals surface area (Å²) in [6, 6.07) is 1.70. The van der Waals surface area contributed by atoms with E-state index in [0.29, 0.717) is 23.6 Å². The summed E-state index contributed by atoms with van der Waals surface area (Å²) in [5.41, 5.74) is 0.550. The van der Waals surface area contributed by atoms with Crippen molar-refractivity contribution in [2.24, 2.45) is 0 Å². The highest BCUT2D eigenvalue weighted by Gasteiger charge is 2.12. The molecule has 1 amide bonds. The zero-order valence-electron chi connectivity index (χ0n) is 9.12. The topological polar surface area (TPSA) is 59.3 Å². The number of hydrogen-bond acceptors (Lipinski definition) is 3. The minimum absolute atomic E-state index is 0.171. The van der Waals surface area contributed by atoms with Crippen LogP contribution in [0.2, 0.25) is 0 Å². The first-order valence-electron chi connectivity index (χ1n) is 4.66. The highest BCUT2D eigenvalue weighted by Crippen LogP contribution is 2.12. The maximum absolute atomic E-state index is 11.6. The van der Waals surface area contributed by atoms with E-state index in [9.17, 15) is 9.00 Å². The second kappa shape index (κ2) is 5.11. The number of rotatable bonds is 4. The minimum atomic E-state index is -0.877. The van der Waals surface area contributed by atoms with Gasteiger partial charge in [0.05, 0.1) is 5.56 Å². The zero-order chi connectivity index (χ0) is 11.4. The Kier molecular flexibility index (Phi) is 4.08. The Morgan fingerprint density at radius 1 is 1.53 bits per heavy atom. The highest BCUT2D eigenvalue weighted by molar-refractivity contribution is 7.84. The van der Waals surface area contributed by atoms with E-state index < -0.39 is 10.8 Å². The molecule has 0 radical (unpaired) electrons. The van der Waals surface area contributed by atoms with Crippen molar-refractivity contribution in [3.63, 3.8) is 0 Å². The molecule has 1 N–H and O–H groups in total. The summed E-state index contributed by atoms with van der Waals surface area (Å²) in [4.78, 5) is 11.6. The molecule has 0 saturated carbocycles. The van der Waals surface area contributed by atoms with Crippen molar-refractivity contribution in [2.45, 2.75) is 13.8 Å². The lowest BCUT2D eigenvalue weighted by molar-refractivity contribution is 0.0954. The quantitative estimate of drug-likeness (QED) is 0.838. The molecule has 0 bridgehead atoms. The molecular weight excluding hydrogens is 214 g/mol. The predicted molar refractivity (Wildman–Crippen MR) is 59.4 cm³/mol. The lowest BCUT2D eigenvalue weighted by atomic mass is 10.2. The van der Waals surface area contributed by atoms with Crippen LogP contribution in [0.1, 0.15) is 21.9 Å². The van der Waals surface area contributed by atoms with Crippen LogP contribution in [0.25, 0.3) is 0 Å². The average Bonchev–Trinajstić information content (AvgIpc) is 2.44. The first-order chi connectivity index (χ1) is 7.00. The molecule has 0 spiro atoms. The van der Waals surface area contributed by atoms with Crippen LogP contribution in [-0.4, -0.2) is 28.7 Å². The summed E-state index contributed by atoms with van der Waals surface area (Å²) in [5, 5.41) is 2.69. The van der Waals surface area contributed by atoms with Crippen molar-refractivity contribution < 1.29 is 13.4 Å². The zero-order valence-corrected chi connectivity index (χ0v) is 9.94. The molecule has 1 heterocycles. The second-order valence-electron chi connectivity index (χ2n) is 3.36. The van der Waals surface area contributed by atoms with E-state index in [0.717, 1.165) is 5.76 Å². The molecule has 4 nitrogen and oxygen atoms in total. The van der Waals surface area contributed by atoms with Gasteiger partial charge >= 0.3 is 0 Å². The summed E-state index contributed by atoms with van der Waals surface area (Å²) >= 11 is 0. The van der Waals surface area contributed by atoms with Crippen molar-refractivity contribution in [2.75, 3.05) is 18.6 Å². The molecule has 0 aliphatic heterocycles. The van der Waals surface area contributed by atoms with Crippen LogP contribution in [0.4, 0.5) is 0 Å². The standard InChI is InChI=1S/C10H15NO3S/c1-7-6-9(8(2)14-7)10(12)11-4-5-15(3)13/h6H,4-5H2,1-3H3,(H,11,12)/t15-/m0/s1. The Bertz CT molecular complexity index is 384. The van der Waals surface area contributed by atoms with E-state index in [1.54, 1.807) is 26.2 Å². The van der Waals surface area contributed by atoms with Gasteiger partial charge in [0, 0.05) is 29.4 Å². The summed E-state index contributed by atoms with van der Waals surface area (Å²) in [5.74, 6) is 1.64. The monoisotopic (exact) mass is 229 g/mol. The molecule has 0 aliphatic carbocycles. The van der Waals surface area contributed by atoms with Gasteiger partial charge in [0.15, 0.2) is 0 Å². The van der Waals surface area contributed by atoms with Crippen LogP contribution < -0.4 is 5.32 Å². The van der Waals surface area contributed by atoms with Gasteiger partial charge in [-0.25, -0.2) is 0 Å². The van der Waals surface area contributed by atoms with E-state index >= 15 is 0 Å². The highest BCUT2D eigenvalue weighted by atomic mass is 32.2. The number of aryl methyl sites for hydroxylation is 2. The Balaban J connectivity index is 2.54. The van der Waals surface area contributed by atoms with Gasteiger partial charge in [0.25, 0.3) is 5.91 Å². The molecule has 0 aromatic carbocycles. The third-order valence-electron chi connectivity index (χ3n) is 1.96. The van der Waals surface area contributed by atoms with Gasteiger partial charge in [-0.15, -0.1) is 0 Å². The second-order valence-corrected chi connectivity index (χ2v) is 4.91. The molecule has 0 saturated heterocycles. The fourth-order valence-electron chi connectivity index (χ4n) is 1.26. The summed E-state index contributed by atoms with van der Waals surface area (Å²) in [6.07, 6.45) is 1.61. The van der Waals surface area contributed by atoms with Crippen molar-refractivity contribution in [1.82, 2.24) is 5.32 Å². The SMILES string of the molecule is Cc1cc(C(=O)NCC[S@](C)=O)c(C)o1. The summed E-state index contributed by atoms with van der Waals surface area (Å²) in [7, 11) is -0.877. The van der Waals surface area contributed by atoms with Gasteiger partial charge in [0.2, 0.25) is 0 Å². The molecule has 1 rings (SSSR count). The van der Waals surface area contributed by atoms with Crippen molar-refractivity contribution in [3.8, 4) is 0 Å². The van der Waals surface area contributed by atoms with Gasteiger partial charge < -0.3 is 9.73 Å². The fraction of sp³-hybridized carbons (Fsp3) is 0.500. The maximum atomic E-state index is 11.6. The Labute approximate surface area is 91.5 Å². The number of carbonyl (C=O) groups is 1. The van der Waals surface area contributed by atoms with Crippen LogP contribution in [-0.2, 0) is 10.8 Å². The molecule has 0 aliphatic rings. The first-order valence-corrected chi connectivity index (χ1v) is 6.38. The maximum Gasteiger partial charge on any atom is 0.254 e. The Morgan fingerprint density at radius 3 is 2.67 bits per heavy atom. The number of nitrogens with one attached hydrogen (secondary N) is 1. The predicted octanol–water partition coefficient (Wildman–Crippen LogP) is 1.00. The molecule has 1 atom stereocenters. The summed E-state index contributed by atoms with van der Waals surface area (Å²) in [6.45, 7) is 3.97. The van der Waals surface area contributed by atoms with Gasteiger partial charge in [-0.05, 0) is 19.9 Å². The normalized spacial score (nSPS) is 12.5. The third-order valence-corrected chi connectivity index (χ3v) is 2.74.